The first-order valence-corrected chi connectivity index (χ1v) is 5.54. The van der Waals surface area contributed by atoms with Crippen LogP contribution in [-0.2, 0) is 7.05 Å². The Morgan fingerprint density at radius 3 is 3.00 bits per heavy atom. The predicted octanol–water partition coefficient (Wildman–Crippen LogP) is 1.41. The number of thiazole rings is 1. The van der Waals surface area contributed by atoms with Crippen LogP contribution >= 0.6 is 11.3 Å². The Bertz CT molecular complexity index is 541. The van der Waals surface area contributed by atoms with Crippen molar-refractivity contribution in [2.45, 2.75) is 6.92 Å². The molecule has 0 saturated heterocycles. The summed E-state index contributed by atoms with van der Waals surface area (Å²) in [6, 6.07) is 5.99. The number of rotatable bonds is 2. The molecule has 1 aromatic carbocycles. The van der Waals surface area contributed by atoms with Gasteiger partial charge in [0.2, 0.25) is 4.80 Å². The van der Waals surface area contributed by atoms with Gasteiger partial charge in [0.25, 0.3) is 0 Å². The van der Waals surface area contributed by atoms with Gasteiger partial charge < -0.3 is 15.1 Å². The molecule has 0 fully saturated rings. The zero-order valence-electron chi connectivity index (χ0n) is 8.73. The fourth-order valence-electron chi connectivity index (χ4n) is 1.48. The van der Waals surface area contributed by atoms with E-state index in [9.17, 15) is 0 Å². The average molecular weight is 223 g/mol. The summed E-state index contributed by atoms with van der Waals surface area (Å²) >= 11 is 1.57. The van der Waals surface area contributed by atoms with E-state index in [1.165, 1.54) is 0 Å². The van der Waals surface area contributed by atoms with Crippen molar-refractivity contribution in [1.82, 2.24) is 4.57 Å². The Balaban J connectivity index is 2.65. The molecule has 0 amide bonds. The van der Waals surface area contributed by atoms with Gasteiger partial charge in [-0.2, -0.15) is 5.10 Å². The molecule has 2 rings (SSSR count). The number of benzene rings is 1. The highest BCUT2D eigenvalue weighted by Crippen LogP contribution is 2.22. The molecule has 80 valence electrons. The first-order valence-electron chi connectivity index (χ1n) is 4.72. The first kappa shape index (κ1) is 10.0. The summed E-state index contributed by atoms with van der Waals surface area (Å²) in [5, 5.41) is 3.72. The molecular weight excluding hydrogens is 210 g/mol. The molecule has 2 aromatic rings. The van der Waals surface area contributed by atoms with Gasteiger partial charge in [0.05, 0.1) is 16.8 Å². The van der Waals surface area contributed by atoms with Crippen molar-refractivity contribution in [2.24, 2.45) is 18.0 Å². The van der Waals surface area contributed by atoms with Gasteiger partial charge in [-0.1, -0.05) is 11.3 Å². The van der Waals surface area contributed by atoms with Gasteiger partial charge in [0.15, 0.2) is 0 Å². The molecule has 1 heterocycles. The summed E-state index contributed by atoms with van der Waals surface area (Å²) in [5.41, 5.74) is 1.09. The van der Waals surface area contributed by atoms with E-state index in [2.05, 4.69) is 5.10 Å². The highest BCUT2D eigenvalue weighted by Gasteiger charge is 2.03. The van der Waals surface area contributed by atoms with Crippen LogP contribution in [0.5, 0.6) is 5.75 Å². The number of hydrogen-bond donors (Lipinski definition) is 1. The molecule has 0 spiro atoms. The van der Waals surface area contributed by atoms with Crippen LogP contribution in [0.2, 0.25) is 0 Å². The maximum absolute atomic E-state index is 5.44. The molecule has 0 saturated carbocycles. The van der Waals surface area contributed by atoms with Crippen LogP contribution in [0.4, 0.5) is 0 Å². The number of fused-ring (bicyclic) bond motifs is 1. The SMILES string of the molecule is CCOc1ccc2sc(=NN)n(C)c2c1. The Morgan fingerprint density at radius 2 is 2.33 bits per heavy atom. The molecule has 0 unspecified atom stereocenters. The molecule has 0 aliphatic carbocycles. The maximum atomic E-state index is 5.44. The summed E-state index contributed by atoms with van der Waals surface area (Å²) in [7, 11) is 1.94. The van der Waals surface area contributed by atoms with E-state index in [1.807, 2.05) is 36.7 Å². The van der Waals surface area contributed by atoms with Crippen molar-refractivity contribution in [3.05, 3.63) is 23.0 Å². The van der Waals surface area contributed by atoms with Crippen LogP contribution in [0.15, 0.2) is 23.3 Å². The van der Waals surface area contributed by atoms with Crippen molar-refractivity contribution in [3.63, 3.8) is 0 Å². The van der Waals surface area contributed by atoms with Crippen LogP contribution in [-0.4, -0.2) is 11.2 Å². The number of aryl methyl sites for hydroxylation is 1. The van der Waals surface area contributed by atoms with Gasteiger partial charge in [-0.3, -0.25) is 0 Å². The summed E-state index contributed by atoms with van der Waals surface area (Å²) in [4.78, 5) is 0.804. The van der Waals surface area contributed by atoms with Crippen LogP contribution in [0, 0.1) is 0 Å². The highest BCUT2D eigenvalue weighted by atomic mass is 32.1. The molecule has 0 radical (unpaired) electrons. The summed E-state index contributed by atoms with van der Waals surface area (Å²) < 4.78 is 8.56. The Kier molecular flexibility index (Phi) is 2.64. The molecule has 4 nitrogen and oxygen atoms in total. The lowest BCUT2D eigenvalue weighted by atomic mass is 10.3. The first-order chi connectivity index (χ1) is 7.26. The van der Waals surface area contributed by atoms with Crippen LogP contribution < -0.4 is 15.4 Å². The fourth-order valence-corrected chi connectivity index (χ4v) is 2.41. The number of nitrogens with zero attached hydrogens (tertiary/aromatic N) is 2. The van der Waals surface area contributed by atoms with E-state index in [-0.39, 0.29) is 0 Å². The molecule has 2 N–H and O–H groups in total. The normalized spacial score (nSPS) is 12.3. The quantitative estimate of drug-likeness (QED) is 0.618. The molecule has 0 atom stereocenters. The van der Waals surface area contributed by atoms with Gasteiger partial charge in [0, 0.05) is 13.1 Å². The van der Waals surface area contributed by atoms with Crippen LogP contribution in [0.1, 0.15) is 6.92 Å². The van der Waals surface area contributed by atoms with E-state index >= 15 is 0 Å². The van der Waals surface area contributed by atoms with Crippen molar-refractivity contribution < 1.29 is 4.74 Å². The third-order valence-electron chi connectivity index (χ3n) is 2.20. The largest absolute Gasteiger partial charge is 0.494 e. The van der Waals surface area contributed by atoms with E-state index < -0.39 is 0 Å². The molecule has 0 aliphatic heterocycles. The lowest BCUT2D eigenvalue weighted by molar-refractivity contribution is 0.340. The van der Waals surface area contributed by atoms with E-state index in [0.29, 0.717) is 6.61 Å². The monoisotopic (exact) mass is 223 g/mol. The van der Waals surface area contributed by atoms with Gasteiger partial charge in [-0.15, -0.1) is 0 Å². The lowest BCUT2D eigenvalue weighted by Crippen LogP contribution is -2.12. The number of hydrogen-bond acceptors (Lipinski definition) is 4. The molecule has 5 heteroatoms. The lowest BCUT2D eigenvalue weighted by Gasteiger charge is -2.02. The minimum atomic E-state index is 0.674. The van der Waals surface area contributed by atoms with E-state index in [0.717, 1.165) is 20.8 Å². The minimum absolute atomic E-state index is 0.674. The number of aromatic nitrogens is 1. The molecule has 0 aliphatic rings. The summed E-state index contributed by atoms with van der Waals surface area (Å²) in [6.07, 6.45) is 0. The predicted molar refractivity (Wildman–Crippen MR) is 61.7 cm³/mol. The third-order valence-corrected chi connectivity index (χ3v) is 3.33. The van der Waals surface area contributed by atoms with Crippen LogP contribution in [0.25, 0.3) is 10.2 Å². The second-order valence-corrected chi connectivity index (χ2v) is 4.14. The van der Waals surface area contributed by atoms with Gasteiger partial charge in [-0.05, 0) is 19.1 Å². The molecule has 15 heavy (non-hydrogen) atoms. The average Bonchev–Trinajstić information content (AvgIpc) is 2.56. The smallest absolute Gasteiger partial charge is 0.208 e. The van der Waals surface area contributed by atoms with E-state index in [4.69, 9.17) is 10.6 Å². The van der Waals surface area contributed by atoms with Gasteiger partial charge >= 0.3 is 0 Å². The van der Waals surface area contributed by atoms with Crippen molar-refractivity contribution in [1.29, 1.82) is 0 Å². The van der Waals surface area contributed by atoms with E-state index in [1.54, 1.807) is 11.3 Å². The number of nitrogens with two attached hydrogens (primary N) is 1. The second kappa shape index (κ2) is 3.94. The van der Waals surface area contributed by atoms with Gasteiger partial charge in [0.1, 0.15) is 5.75 Å². The molecule has 0 bridgehead atoms. The molecular formula is C10H13N3OS. The minimum Gasteiger partial charge on any atom is -0.494 e. The maximum Gasteiger partial charge on any atom is 0.208 e. The Morgan fingerprint density at radius 1 is 1.53 bits per heavy atom. The van der Waals surface area contributed by atoms with Crippen molar-refractivity contribution >= 4 is 21.6 Å². The fraction of sp³-hybridized carbons (Fsp3) is 0.300. The molecule has 1 aromatic heterocycles. The summed E-state index contributed by atoms with van der Waals surface area (Å²) in [6.45, 7) is 2.64. The zero-order valence-corrected chi connectivity index (χ0v) is 9.54. The van der Waals surface area contributed by atoms with Crippen LogP contribution in [0.3, 0.4) is 0 Å². The highest BCUT2D eigenvalue weighted by molar-refractivity contribution is 7.16. The third kappa shape index (κ3) is 1.70. The number of ether oxygens (including phenoxy) is 1. The Hall–Kier alpha value is -1.49. The van der Waals surface area contributed by atoms with Crippen molar-refractivity contribution in [3.8, 4) is 5.75 Å². The Labute approximate surface area is 91.6 Å². The standard InChI is InChI=1S/C10H13N3OS/c1-3-14-7-4-5-9-8(6-7)13(2)10(12-11)15-9/h4-6H,3,11H2,1-2H3. The van der Waals surface area contributed by atoms with Gasteiger partial charge in [-0.25, -0.2) is 0 Å². The second-order valence-electron chi connectivity index (χ2n) is 3.14. The zero-order chi connectivity index (χ0) is 10.8. The topological polar surface area (TPSA) is 52.5 Å². The summed E-state index contributed by atoms with van der Waals surface area (Å²) in [5.74, 6) is 6.17. The van der Waals surface area contributed by atoms with Crippen molar-refractivity contribution in [2.75, 3.05) is 6.61 Å².